The fourth-order valence-electron chi connectivity index (χ4n) is 5.41. The quantitative estimate of drug-likeness (QED) is 0.657. The third kappa shape index (κ3) is 2.19. The van der Waals surface area contributed by atoms with Crippen LogP contribution in [0.4, 0.5) is 0 Å². The largest absolute Gasteiger partial charge is 0.0806 e. The van der Waals surface area contributed by atoms with Crippen molar-refractivity contribution < 1.29 is 0 Å². The first kappa shape index (κ1) is 14.5. The van der Waals surface area contributed by atoms with Crippen molar-refractivity contribution in [2.45, 2.75) is 38.5 Å². The minimum absolute atomic E-state index is 0.415. The maximum Gasteiger partial charge on any atom is -0.00117 e. The van der Waals surface area contributed by atoms with Crippen molar-refractivity contribution in [3.05, 3.63) is 84.0 Å². The predicted octanol–water partition coefficient (Wildman–Crippen LogP) is 5.82. The molecule has 0 N–H and O–H groups in total. The molecule has 122 valence electrons. The Bertz CT molecular complexity index is 701. The van der Waals surface area contributed by atoms with Gasteiger partial charge in [0.2, 0.25) is 0 Å². The molecular weight excluding hydrogens is 288 g/mol. The van der Waals surface area contributed by atoms with Gasteiger partial charge in [-0.2, -0.15) is 0 Å². The van der Waals surface area contributed by atoms with Crippen molar-refractivity contribution in [3.63, 3.8) is 0 Å². The zero-order chi connectivity index (χ0) is 16.0. The first-order chi connectivity index (χ1) is 11.8. The molecule has 0 aliphatic heterocycles. The van der Waals surface area contributed by atoms with Crippen molar-refractivity contribution in [3.8, 4) is 0 Å². The molecule has 0 nitrogen and oxygen atoms in total. The molecule has 1 aromatic carbocycles. The zero-order valence-corrected chi connectivity index (χ0v) is 14.3. The number of hydrogen-bond donors (Lipinski definition) is 0. The standard InChI is InChI=1S/C24H26/c1-3-12-23(14-10-21(23)8-1)17-19-6-5-7-20(16-19)18-24-13-4-2-9-22(24)11-15-24/h1-9,12-13,16,21-22H,10-11,14-15,17-18H2. The van der Waals surface area contributed by atoms with Gasteiger partial charge in [0.15, 0.2) is 0 Å². The summed E-state index contributed by atoms with van der Waals surface area (Å²) in [4.78, 5) is 0. The van der Waals surface area contributed by atoms with E-state index in [4.69, 9.17) is 0 Å². The Labute approximate surface area is 145 Å². The highest BCUT2D eigenvalue weighted by molar-refractivity contribution is 5.34. The van der Waals surface area contributed by atoms with Crippen LogP contribution in [0.15, 0.2) is 72.9 Å². The lowest BCUT2D eigenvalue weighted by atomic mass is 9.55. The topological polar surface area (TPSA) is 0 Å². The molecule has 0 spiro atoms. The minimum atomic E-state index is 0.415. The Morgan fingerprint density at radius 2 is 1.29 bits per heavy atom. The van der Waals surface area contributed by atoms with Gasteiger partial charge in [-0.1, -0.05) is 72.9 Å². The molecule has 0 heterocycles. The smallest absolute Gasteiger partial charge is 0.00117 e. The molecule has 1 aromatic rings. The third-order valence-corrected chi connectivity index (χ3v) is 7.14. The Hall–Kier alpha value is -1.82. The summed E-state index contributed by atoms with van der Waals surface area (Å²) in [5.41, 5.74) is 3.88. The lowest BCUT2D eigenvalue weighted by molar-refractivity contribution is 0.122. The SMILES string of the molecule is C1=CC2CCC2(Cc2cccc(CC34C=CC=CC3CC4)c2)C=C1. The molecule has 4 aliphatic rings. The van der Waals surface area contributed by atoms with Gasteiger partial charge in [-0.25, -0.2) is 0 Å². The van der Waals surface area contributed by atoms with Gasteiger partial charge in [0.25, 0.3) is 0 Å². The highest BCUT2D eigenvalue weighted by Gasteiger charge is 2.45. The second-order valence-corrected chi connectivity index (χ2v) is 8.42. The monoisotopic (exact) mass is 314 g/mol. The molecular formula is C24H26. The molecule has 2 fully saturated rings. The van der Waals surface area contributed by atoms with Gasteiger partial charge >= 0.3 is 0 Å². The van der Waals surface area contributed by atoms with Gasteiger partial charge in [-0.3, -0.25) is 0 Å². The van der Waals surface area contributed by atoms with E-state index >= 15 is 0 Å². The van der Waals surface area contributed by atoms with E-state index in [1.807, 2.05) is 0 Å². The summed E-state index contributed by atoms with van der Waals surface area (Å²) in [6.07, 6.45) is 26.6. The molecule has 0 radical (unpaired) electrons. The number of benzene rings is 1. The van der Waals surface area contributed by atoms with Crippen LogP contribution in [0.2, 0.25) is 0 Å². The van der Waals surface area contributed by atoms with Crippen LogP contribution >= 0.6 is 0 Å². The maximum absolute atomic E-state index is 2.49. The van der Waals surface area contributed by atoms with Crippen molar-refractivity contribution in [1.82, 2.24) is 0 Å². The number of hydrogen-bond acceptors (Lipinski definition) is 0. The minimum Gasteiger partial charge on any atom is -0.0806 e. The molecule has 0 amide bonds. The van der Waals surface area contributed by atoms with E-state index in [1.54, 1.807) is 0 Å². The Balaban J connectivity index is 1.36. The Kier molecular flexibility index (Phi) is 3.23. The molecule has 0 bridgehead atoms. The fraction of sp³-hybridized carbons (Fsp3) is 0.417. The van der Waals surface area contributed by atoms with Crippen LogP contribution in [-0.4, -0.2) is 0 Å². The van der Waals surface area contributed by atoms with Crippen molar-refractivity contribution in [2.24, 2.45) is 22.7 Å². The summed E-state index contributed by atoms with van der Waals surface area (Å²) in [5, 5.41) is 0. The number of fused-ring (bicyclic) bond motifs is 2. The number of allylic oxidation sites excluding steroid dienone is 8. The summed E-state index contributed by atoms with van der Waals surface area (Å²) in [6, 6.07) is 9.45. The first-order valence-corrected chi connectivity index (χ1v) is 9.58. The van der Waals surface area contributed by atoms with Crippen LogP contribution in [0, 0.1) is 22.7 Å². The van der Waals surface area contributed by atoms with Gasteiger partial charge in [0.1, 0.15) is 0 Å². The molecule has 4 unspecified atom stereocenters. The second-order valence-electron chi connectivity index (χ2n) is 8.42. The lowest BCUT2D eigenvalue weighted by Gasteiger charge is -2.49. The van der Waals surface area contributed by atoms with E-state index in [-0.39, 0.29) is 0 Å². The number of rotatable bonds is 4. The molecule has 4 atom stereocenters. The maximum atomic E-state index is 2.49. The van der Waals surface area contributed by atoms with E-state index in [9.17, 15) is 0 Å². The van der Waals surface area contributed by atoms with Crippen LogP contribution in [0.5, 0.6) is 0 Å². The lowest BCUT2D eigenvalue weighted by Crippen LogP contribution is -2.41. The van der Waals surface area contributed by atoms with E-state index < -0.39 is 0 Å². The molecule has 4 aliphatic carbocycles. The van der Waals surface area contributed by atoms with E-state index in [2.05, 4.69) is 72.9 Å². The predicted molar refractivity (Wildman–Crippen MR) is 101 cm³/mol. The van der Waals surface area contributed by atoms with E-state index in [0.29, 0.717) is 10.8 Å². The Morgan fingerprint density at radius 3 is 1.71 bits per heavy atom. The summed E-state index contributed by atoms with van der Waals surface area (Å²) < 4.78 is 0. The van der Waals surface area contributed by atoms with Crippen LogP contribution in [0.3, 0.4) is 0 Å². The average Bonchev–Trinajstić information content (AvgIpc) is 2.55. The summed E-state index contributed by atoms with van der Waals surface area (Å²) in [7, 11) is 0. The van der Waals surface area contributed by atoms with E-state index in [0.717, 1.165) is 11.8 Å². The third-order valence-electron chi connectivity index (χ3n) is 7.14. The molecule has 5 rings (SSSR count). The second kappa shape index (κ2) is 5.34. The van der Waals surface area contributed by atoms with Crippen LogP contribution in [0.1, 0.15) is 36.8 Å². The average molecular weight is 314 g/mol. The first-order valence-electron chi connectivity index (χ1n) is 9.58. The normalized spacial score (nSPS) is 38.2. The van der Waals surface area contributed by atoms with Crippen molar-refractivity contribution in [1.29, 1.82) is 0 Å². The zero-order valence-electron chi connectivity index (χ0n) is 14.3. The van der Waals surface area contributed by atoms with Crippen LogP contribution in [-0.2, 0) is 12.8 Å². The van der Waals surface area contributed by atoms with Gasteiger partial charge in [-0.15, -0.1) is 0 Å². The van der Waals surface area contributed by atoms with Gasteiger partial charge in [0, 0.05) is 0 Å². The molecule has 24 heavy (non-hydrogen) atoms. The molecule has 0 heteroatoms. The van der Waals surface area contributed by atoms with Gasteiger partial charge < -0.3 is 0 Å². The van der Waals surface area contributed by atoms with Crippen molar-refractivity contribution >= 4 is 0 Å². The Morgan fingerprint density at radius 1 is 0.750 bits per heavy atom. The van der Waals surface area contributed by atoms with Crippen LogP contribution < -0.4 is 0 Å². The molecule has 0 saturated heterocycles. The van der Waals surface area contributed by atoms with Gasteiger partial charge in [-0.05, 0) is 72.3 Å². The summed E-state index contributed by atoms with van der Waals surface area (Å²) in [5.74, 6) is 1.54. The van der Waals surface area contributed by atoms with Gasteiger partial charge in [0.05, 0.1) is 0 Å². The molecule has 0 aromatic heterocycles. The highest BCUT2D eigenvalue weighted by Crippen LogP contribution is 2.54. The highest BCUT2D eigenvalue weighted by atomic mass is 14.5. The summed E-state index contributed by atoms with van der Waals surface area (Å²) >= 11 is 0. The van der Waals surface area contributed by atoms with Crippen molar-refractivity contribution in [2.75, 3.05) is 0 Å². The summed E-state index contributed by atoms with van der Waals surface area (Å²) in [6.45, 7) is 0. The van der Waals surface area contributed by atoms with E-state index in [1.165, 1.54) is 49.7 Å². The van der Waals surface area contributed by atoms with Crippen LogP contribution in [0.25, 0.3) is 0 Å². The molecule has 2 saturated carbocycles. The fourth-order valence-corrected chi connectivity index (χ4v) is 5.41.